The van der Waals surface area contributed by atoms with Crippen LogP contribution < -0.4 is 0 Å². The Balaban J connectivity index is 2.86. The molecule has 96 valence electrons. The van der Waals surface area contributed by atoms with E-state index >= 15 is 0 Å². The summed E-state index contributed by atoms with van der Waals surface area (Å²) in [6.45, 7) is 10.2. The molecule has 1 rings (SSSR count). The van der Waals surface area contributed by atoms with Crippen LogP contribution in [0.5, 0.6) is 0 Å². The minimum atomic E-state index is 0.202. The minimum Gasteiger partial charge on any atom is -0.417 e. The van der Waals surface area contributed by atoms with E-state index in [1.54, 1.807) is 0 Å². The van der Waals surface area contributed by atoms with E-state index in [1.807, 2.05) is 0 Å². The summed E-state index contributed by atoms with van der Waals surface area (Å²) in [7, 11) is 8.63. The Morgan fingerprint density at radius 3 is 1.88 bits per heavy atom. The van der Waals surface area contributed by atoms with Gasteiger partial charge in [-0.2, -0.15) is 0 Å². The fourth-order valence-electron chi connectivity index (χ4n) is 3.01. The van der Waals surface area contributed by atoms with Crippen molar-refractivity contribution in [1.29, 1.82) is 0 Å². The van der Waals surface area contributed by atoms with Gasteiger partial charge in [0.2, 0.25) is 0 Å². The molecule has 1 heterocycles. The smallest absolute Gasteiger partial charge is 0.311 e. The number of hydrogen-bond acceptors (Lipinski definition) is 3. The maximum absolute atomic E-state index is 2.47. The van der Waals surface area contributed by atoms with Crippen molar-refractivity contribution < 1.29 is 0 Å². The lowest BCUT2D eigenvalue weighted by atomic mass is 9.36. The Bertz CT molecular complexity index is 276. The third-order valence-corrected chi connectivity index (χ3v) is 3.64. The van der Waals surface area contributed by atoms with Crippen molar-refractivity contribution in [3.05, 3.63) is 12.3 Å². The van der Waals surface area contributed by atoms with Gasteiger partial charge in [0.25, 0.3) is 6.85 Å². The number of rotatable bonds is 3. The summed E-state index contributed by atoms with van der Waals surface area (Å²) in [4.78, 5) is 7.08. The molecular weight excluding hydrogens is 208 g/mol. The molecule has 0 fully saturated rings. The summed E-state index contributed by atoms with van der Waals surface area (Å²) >= 11 is 0. The summed E-state index contributed by atoms with van der Waals surface area (Å²) in [6, 6.07) is 0. The molecule has 0 radical (unpaired) electrons. The van der Waals surface area contributed by atoms with Gasteiger partial charge in [-0.1, -0.05) is 12.9 Å². The van der Waals surface area contributed by atoms with Gasteiger partial charge in [0.1, 0.15) is 0 Å². The summed E-state index contributed by atoms with van der Waals surface area (Å²) in [5, 5.41) is 0. The average Bonchev–Trinajstić information content (AvgIpc) is 2.46. The standard InChI is InChI=1S/C12H27B2N3/c1-12(2,3)17-10-9-11(13(17)4)14(15(5)6)16(7)8/h9-11H,1-8H3. The van der Waals surface area contributed by atoms with E-state index in [4.69, 9.17) is 0 Å². The Labute approximate surface area is 108 Å². The lowest BCUT2D eigenvalue weighted by Crippen LogP contribution is -2.55. The van der Waals surface area contributed by atoms with Gasteiger partial charge in [0.15, 0.2) is 0 Å². The highest BCUT2D eigenvalue weighted by atomic mass is 15.2. The number of allylic oxidation sites excluding steroid dienone is 1. The van der Waals surface area contributed by atoms with Gasteiger partial charge in [-0.3, -0.25) is 0 Å². The summed E-state index contributed by atoms with van der Waals surface area (Å²) in [5.74, 6) is 0. The minimum absolute atomic E-state index is 0.202. The first-order valence-corrected chi connectivity index (χ1v) is 6.46. The summed E-state index contributed by atoms with van der Waals surface area (Å²) in [5.41, 5.74) is 0.757. The first kappa shape index (κ1) is 14.7. The van der Waals surface area contributed by atoms with Crippen LogP contribution in [-0.2, 0) is 0 Å². The molecule has 0 saturated heterocycles. The van der Waals surface area contributed by atoms with Gasteiger partial charge in [-0.15, -0.1) is 0 Å². The van der Waals surface area contributed by atoms with Crippen LogP contribution in [0.3, 0.4) is 0 Å². The molecule has 0 saturated carbocycles. The Morgan fingerprint density at radius 2 is 1.59 bits per heavy atom. The zero-order valence-electron chi connectivity index (χ0n) is 12.7. The molecule has 0 spiro atoms. The van der Waals surface area contributed by atoms with Crippen LogP contribution >= 0.6 is 0 Å². The maximum Gasteiger partial charge on any atom is 0.311 e. The van der Waals surface area contributed by atoms with E-state index in [0.717, 1.165) is 0 Å². The van der Waals surface area contributed by atoms with Crippen molar-refractivity contribution in [3.8, 4) is 0 Å². The second-order valence-corrected chi connectivity index (χ2v) is 6.58. The van der Waals surface area contributed by atoms with Gasteiger partial charge in [0, 0.05) is 5.54 Å². The molecule has 0 aromatic rings. The molecule has 3 nitrogen and oxygen atoms in total. The van der Waals surface area contributed by atoms with Crippen molar-refractivity contribution in [2.24, 2.45) is 0 Å². The maximum atomic E-state index is 2.47. The third kappa shape index (κ3) is 3.08. The average molecular weight is 235 g/mol. The van der Waals surface area contributed by atoms with E-state index in [1.165, 1.54) is 0 Å². The third-order valence-electron chi connectivity index (χ3n) is 3.64. The molecule has 0 N–H and O–H groups in total. The molecule has 0 aliphatic carbocycles. The zero-order chi connectivity index (χ0) is 13.4. The predicted octanol–water partition coefficient (Wildman–Crippen LogP) is 1.76. The molecule has 1 aliphatic rings. The Kier molecular flexibility index (Phi) is 4.37. The predicted molar refractivity (Wildman–Crippen MR) is 79.2 cm³/mol. The van der Waals surface area contributed by atoms with Crippen LogP contribution in [0.1, 0.15) is 20.8 Å². The highest BCUT2D eigenvalue weighted by Gasteiger charge is 2.43. The van der Waals surface area contributed by atoms with E-state index in [0.29, 0.717) is 19.5 Å². The van der Waals surface area contributed by atoms with Crippen molar-refractivity contribution in [1.82, 2.24) is 14.4 Å². The van der Waals surface area contributed by atoms with Crippen molar-refractivity contribution in [2.45, 2.75) is 38.8 Å². The first-order valence-electron chi connectivity index (χ1n) is 6.46. The van der Waals surface area contributed by atoms with Crippen LogP contribution in [0, 0.1) is 0 Å². The van der Waals surface area contributed by atoms with E-state index in [2.05, 4.69) is 82.5 Å². The van der Waals surface area contributed by atoms with Gasteiger partial charge in [0.05, 0.1) is 0 Å². The molecule has 17 heavy (non-hydrogen) atoms. The second-order valence-electron chi connectivity index (χ2n) is 6.58. The number of hydrogen-bond donors (Lipinski definition) is 0. The highest BCUT2D eigenvalue weighted by molar-refractivity contribution is 6.77. The molecule has 1 atom stereocenters. The zero-order valence-corrected chi connectivity index (χ0v) is 12.7. The second kappa shape index (κ2) is 5.07. The van der Waals surface area contributed by atoms with E-state index in [-0.39, 0.29) is 5.54 Å². The van der Waals surface area contributed by atoms with Gasteiger partial charge < -0.3 is 14.4 Å². The Hall–Kier alpha value is -0.410. The van der Waals surface area contributed by atoms with Crippen molar-refractivity contribution in [3.63, 3.8) is 0 Å². The molecule has 0 aromatic heterocycles. The van der Waals surface area contributed by atoms with Crippen LogP contribution in [0.25, 0.3) is 0 Å². The molecule has 1 unspecified atom stereocenters. The monoisotopic (exact) mass is 235 g/mol. The molecule has 1 aliphatic heterocycles. The SMILES string of the molecule is CB1C(B(N(C)C)N(C)C)C=CN1C(C)(C)C. The largest absolute Gasteiger partial charge is 0.417 e. The lowest BCUT2D eigenvalue weighted by Gasteiger charge is -2.39. The van der Waals surface area contributed by atoms with Gasteiger partial charge in [-0.05, 0) is 60.9 Å². The van der Waals surface area contributed by atoms with E-state index in [9.17, 15) is 0 Å². The molecule has 0 amide bonds. The van der Waals surface area contributed by atoms with Crippen LogP contribution in [0.4, 0.5) is 0 Å². The van der Waals surface area contributed by atoms with Gasteiger partial charge in [-0.25, -0.2) is 0 Å². The number of nitrogens with zero attached hydrogens (tertiary/aromatic N) is 3. The molecule has 0 aromatic carbocycles. The van der Waals surface area contributed by atoms with Crippen LogP contribution in [-0.4, -0.2) is 62.0 Å². The lowest BCUT2D eigenvalue weighted by molar-refractivity contribution is 0.327. The van der Waals surface area contributed by atoms with E-state index < -0.39 is 0 Å². The fourth-order valence-corrected chi connectivity index (χ4v) is 3.01. The van der Waals surface area contributed by atoms with Crippen molar-refractivity contribution in [2.75, 3.05) is 28.2 Å². The van der Waals surface area contributed by atoms with Crippen LogP contribution in [0.15, 0.2) is 12.3 Å². The topological polar surface area (TPSA) is 9.72 Å². The van der Waals surface area contributed by atoms with Gasteiger partial charge >= 0.3 is 6.98 Å². The highest BCUT2D eigenvalue weighted by Crippen LogP contribution is 2.32. The normalized spacial score (nSPS) is 20.9. The quantitative estimate of drug-likeness (QED) is 0.690. The molecular formula is C12H27B2N3. The summed E-state index contributed by atoms with van der Waals surface area (Å²) in [6.07, 6.45) is 4.63. The van der Waals surface area contributed by atoms with Crippen LogP contribution in [0.2, 0.25) is 12.5 Å². The molecule has 5 heteroatoms. The Morgan fingerprint density at radius 1 is 1.12 bits per heavy atom. The summed E-state index contributed by atoms with van der Waals surface area (Å²) < 4.78 is 0. The fraction of sp³-hybridized carbons (Fsp3) is 0.833. The first-order chi connectivity index (χ1) is 7.66. The molecule has 0 bridgehead atoms. The van der Waals surface area contributed by atoms with Crippen molar-refractivity contribution >= 4 is 13.8 Å².